The van der Waals surface area contributed by atoms with Crippen molar-refractivity contribution in [2.45, 2.75) is 45.6 Å². The number of hydrogen-bond donors (Lipinski definition) is 4. The molecule has 0 saturated carbocycles. The van der Waals surface area contributed by atoms with Crippen LogP contribution >= 0.6 is 0 Å². The van der Waals surface area contributed by atoms with E-state index < -0.39 is 0 Å². The maximum atomic E-state index is 10.6. The molecule has 1 unspecified atom stereocenters. The smallest absolute Gasteiger partial charge is 0.196 e. The number of nitrogens with one attached hydrogen (secondary N) is 3. The zero-order valence-electron chi connectivity index (χ0n) is 18.2. The van der Waals surface area contributed by atoms with E-state index in [9.17, 15) is 5.11 Å². The van der Waals surface area contributed by atoms with Crippen molar-refractivity contribution in [3.63, 3.8) is 0 Å². The molecule has 4 N–H and O–H groups in total. The molecule has 31 heavy (non-hydrogen) atoms. The van der Waals surface area contributed by atoms with Crippen LogP contribution in [0, 0.1) is 0 Å². The summed E-state index contributed by atoms with van der Waals surface area (Å²) in [6.07, 6.45) is 5.93. The molecule has 0 fully saturated rings. The van der Waals surface area contributed by atoms with Gasteiger partial charge in [0.25, 0.3) is 0 Å². The lowest BCUT2D eigenvalue weighted by Gasteiger charge is -2.23. The molecule has 2 aromatic carbocycles. The van der Waals surface area contributed by atoms with Crippen LogP contribution in [-0.4, -0.2) is 23.3 Å². The van der Waals surface area contributed by atoms with Crippen LogP contribution < -0.4 is 20.1 Å². The highest BCUT2D eigenvalue weighted by Crippen LogP contribution is 2.46. The Bertz CT molecular complexity index is 1010. The molecule has 164 valence electrons. The Balaban J connectivity index is 1.74. The van der Waals surface area contributed by atoms with Gasteiger partial charge in [0.15, 0.2) is 5.88 Å². The monoisotopic (exact) mass is 421 g/mol. The van der Waals surface area contributed by atoms with Gasteiger partial charge in [0.05, 0.1) is 41.9 Å². The first-order valence-corrected chi connectivity index (χ1v) is 11.1. The van der Waals surface area contributed by atoms with Crippen molar-refractivity contribution in [2.75, 3.05) is 23.8 Å². The first-order chi connectivity index (χ1) is 15.2. The van der Waals surface area contributed by atoms with Gasteiger partial charge in [-0.3, -0.25) is 0 Å². The minimum absolute atomic E-state index is 0.135. The predicted octanol–water partition coefficient (Wildman–Crippen LogP) is 6.34. The van der Waals surface area contributed by atoms with Crippen molar-refractivity contribution >= 4 is 17.1 Å². The number of fused-ring (bicyclic) bond motifs is 2. The van der Waals surface area contributed by atoms with Crippen molar-refractivity contribution < 1.29 is 14.6 Å². The zero-order valence-corrected chi connectivity index (χ0v) is 18.2. The summed E-state index contributed by atoms with van der Waals surface area (Å²) in [5.74, 6) is 1.70. The number of anilines is 3. The number of aromatic hydroxyl groups is 1. The minimum Gasteiger partial charge on any atom is -0.494 e. The third kappa shape index (κ3) is 4.58. The first-order valence-electron chi connectivity index (χ1n) is 11.1. The van der Waals surface area contributed by atoms with E-state index in [0.717, 1.165) is 65.4 Å². The van der Waals surface area contributed by atoms with Crippen molar-refractivity contribution in [2.24, 2.45) is 0 Å². The molecule has 0 spiro atoms. The number of benzene rings is 2. The van der Waals surface area contributed by atoms with E-state index in [1.165, 1.54) is 0 Å². The SMILES string of the molecule is CCCCOc1ccc(C2Nc3ccccc3Nc3c[nH]c(O)c32)c(OCCCC)c1. The number of para-hydroxylation sites is 2. The van der Waals surface area contributed by atoms with E-state index in [-0.39, 0.29) is 11.9 Å². The van der Waals surface area contributed by atoms with Gasteiger partial charge in [-0.2, -0.15) is 0 Å². The van der Waals surface area contributed by atoms with Gasteiger partial charge in [-0.25, -0.2) is 0 Å². The molecular weight excluding hydrogens is 390 g/mol. The van der Waals surface area contributed by atoms with Crippen LogP contribution in [0.1, 0.15) is 56.7 Å². The summed E-state index contributed by atoms with van der Waals surface area (Å²) < 4.78 is 12.1. The molecule has 1 aliphatic heterocycles. The van der Waals surface area contributed by atoms with E-state index in [1.54, 1.807) is 6.20 Å². The van der Waals surface area contributed by atoms with Crippen LogP contribution in [-0.2, 0) is 0 Å². The van der Waals surface area contributed by atoms with Crippen molar-refractivity contribution in [1.29, 1.82) is 0 Å². The standard InChI is InChI=1S/C25H31N3O3/c1-3-5-13-30-17-11-12-18(22(15-17)31-14-6-4-2)24-23-21(16-26-25(23)29)27-19-9-7-8-10-20(19)28-24/h7-12,15-16,24,26-29H,3-6,13-14H2,1-2H3. The molecule has 2 heterocycles. The van der Waals surface area contributed by atoms with Crippen molar-refractivity contribution in [3.05, 3.63) is 59.8 Å². The fraction of sp³-hybridized carbons (Fsp3) is 0.360. The number of ether oxygens (including phenoxy) is 2. The lowest BCUT2D eigenvalue weighted by molar-refractivity contribution is 0.292. The van der Waals surface area contributed by atoms with Gasteiger partial charge in [-0.15, -0.1) is 0 Å². The van der Waals surface area contributed by atoms with E-state index >= 15 is 0 Å². The summed E-state index contributed by atoms with van der Waals surface area (Å²) in [6.45, 7) is 5.62. The normalized spacial score (nSPS) is 14.6. The number of aromatic nitrogens is 1. The average molecular weight is 422 g/mol. The second-order valence-corrected chi connectivity index (χ2v) is 7.82. The Hall–Kier alpha value is -3.28. The molecular formula is C25H31N3O3. The van der Waals surface area contributed by atoms with Gasteiger partial charge in [-0.1, -0.05) is 38.8 Å². The molecule has 0 amide bonds. The second-order valence-electron chi connectivity index (χ2n) is 7.82. The molecule has 1 aliphatic rings. The van der Waals surface area contributed by atoms with E-state index in [0.29, 0.717) is 13.2 Å². The molecule has 4 rings (SSSR count). The lowest BCUT2D eigenvalue weighted by atomic mass is 9.98. The fourth-order valence-electron chi connectivity index (χ4n) is 3.77. The van der Waals surface area contributed by atoms with E-state index in [2.05, 4.69) is 29.5 Å². The Morgan fingerprint density at radius 1 is 0.903 bits per heavy atom. The molecule has 0 saturated heterocycles. The molecule has 0 radical (unpaired) electrons. The van der Waals surface area contributed by atoms with E-state index in [4.69, 9.17) is 9.47 Å². The highest BCUT2D eigenvalue weighted by Gasteiger charge is 2.29. The molecule has 0 aliphatic carbocycles. The van der Waals surface area contributed by atoms with Gasteiger partial charge in [-0.05, 0) is 37.1 Å². The summed E-state index contributed by atoms with van der Waals surface area (Å²) in [7, 11) is 0. The summed E-state index contributed by atoms with van der Waals surface area (Å²) in [5.41, 5.74) is 4.47. The van der Waals surface area contributed by atoms with Gasteiger partial charge < -0.3 is 30.2 Å². The van der Waals surface area contributed by atoms with Crippen molar-refractivity contribution in [1.82, 2.24) is 4.98 Å². The number of aromatic amines is 1. The Morgan fingerprint density at radius 2 is 1.65 bits per heavy atom. The summed E-state index contributed by atoms with van der Waals surface area (Å²) in [6, 6.07) is 13.7. The Morgan fingerprint density at radius 3 is 2.42 bits per heavy atom. The van der Waals surface area contributed by atoms with Gasteiger partial charge in [0.2, 0.25) is 0 Å². The molecule has 6 heteroatoms. The largest absolute Gasteiger partial charge is 0.494 e. The van der Waals surface area contributed by atoms with Gasteiger partial charge in [0.1, 0.15) is 11.5 Å². The zero-order chi connectivity index (χ0) is 21.6. The third-order valence-corrected chi connectivity index (χ3v) is 5.50. The molecule has 3 aromatic rings. The highest BCUT2D eigenvalue weighted by molar-refractivity contribution is 5.81. The number of rotatable bonds is 9. The minimum atomic E-state index is -0.293. The van der Waals surface area contributed by atoms with E-state index in [1.807, 2.05) is 42.5 Å². The first kappa shape index (κ1) is 21.0. The summed E-state index contributed by atoms with van der Waals surface area (Å²) in [5, 5.41) is 17.7. The van der Waals surface area contributed by atoms with Crippen LogP contribution in [0.5, 0.6) is 17.4 Å². The number of unbranched alkanes of at least 4 members (excludes halogenated alkanes) is 2. The Kier molecular flexibility index (Phi) is 6.55. The fourth-order valence-corrected chi connectivity index (χ4v) is 3.77. The summed E-state index contributed by atoms with van der Waals surface area (Å²) in [4.78, 5) is 2.94. The maximum Gasteiger partial charge on any atom is 0.196 e. The topological polar surface area (TPSA) is 78.5 Å². The molecule has 6 nitrogen and oxygen atoms in total. The van der Waals surface area contributed by atoms with Crippen molar-refractivity contribution in [3.8, 4) is 17.4 Å². The van der Waals surface area contributed by atoms with Crippen LogP contribution in [0.15, 0.2) is 48.7 Å². The van der Waals surface area contributed by atoms with Gasteiger partial charge >= 0.3 is 0 Å². The maximum absolute atomic E-state index is 10.6. The molecule has 1 aromatic heterocycles. The van der Waals surface area contributed by atoms with Crippen LogP contribution in [0.4, 0.5) is 17.1 Å². The quantitative estimate of drug-likeness (QED) is 0.303. The number of H-pyrrole nitrogens is 1. The van der Waals surface area contributed by atoms with Crippen LogP contribution in [0.2, 0.25) is 0 Å². The van der Waals surface area contributed by atoms with Crippen LogP contribution in [0.3, 0.4) is 0 Å². The highest BCUT2D eigenvalue weighted by atomic mass is 16.5. The summed E-state index contributed by atoms with van der Waals surface area (Å²) >= 11 is 0. The van der Waals surface area contributed by atoms with Gasteiger partial charge in [0, 0.05) is 17.8 Å². The lowest BCUT2D eigenvalue weighted by Crippen LogP contribution is -2.13. The Labute approximate surface area is 183 Å². The number of hydrogen-bond acceptors (Lipinski definition) is 5. The predicted molar refractivity (Wildman–Crippen MR) is 125 cm³/mol. The average Bonchev–Trinajstić information content (AvgIpc) is 3.04. The molecule has 0 bridgehead atoms. The molecule has 1 atom stereocenters. The second kappa shape index (κ2) is 9.69. The van der Waals surface area contributed by atoms with Crippen LogP contribution in [0.25, 0.3) is 0 Å². The third-order valence-electron chi connectivity index (χ3n) is 5.50.